The van der Waals surface area contributed by atoms with Crippen molar-refractivity contribution in [1.29, 1.82) is 0 Å². The van der Waals surface area contributed by atoms with Gasteiger partial charge in [0.1, 0.15) is 42.8 Å². The first-order valence-corrected chi connectivity index (χ1v) is 21.7. The van der Waals surface area contributed by atoms with Crippen LogP contribution in [-0.2, 0) is 30.4 Å². The Labute approximate surface area is 382 Å². The average molecular weight is 913 g/mol. The van der Waals surface area contributed by atoms with Crippen LogP contribution in [0.4, 0.5) is 0 Å². The molecular formula is C47H57ClN8O9. The van der Waals surface area contributed by atoms with Crippen LogP contribution in [0.5, 0.6) is 11.5 Å². The van der Waals surface area contributed by atoms with E-state index >= 15 is 0 Å². The second-order valence-electron chi connectivity index (χ2n) is 15.6. The minimum atomic E-state index is -1.72. The van der Waals surface area contributed by atoms with Gasteiger partial charge in [-0.15, -0.1) is 0 Å². The maximum Gasteiger partial charge on any atom is 0.258 e. The number of nitrogens with two attached hydrogens (primary N) is 3. The van der Waals surface area contributed by atoms with Gasteiger partial charge in [-0.05, 0) is 110 Å². The van der Waals surface area contributed by atoms with E-state index in [1.54, 1.807) is 72.8 Å². The van der Waals surface area contributed by atoms with Crippen molar-refractivity contribution in [1.82, 2.24) is 26.2 Å². The lowest BCUT2D eigenvalue weighted by Crippen LogP contribution is -2.60. The molecule has 1 aliphatic heterocycles. The molecule has 11 N–H and O–H groups in total. The number of rotatable bonds is 18. The van der Waals surface area contributed by atoms with Gasteiger partial charge >= 0.3 is 0 Å². The molecule has 4 aromatic carbocycles. The molecule has 4 bridgehead atoms. The summed E-state index contributed by atoms with van der Waals surface area (Å²) in [6, 6.07) is 19.2. The van der Waals surface area contributed by atoms with Crippen LogP contribution in [0.2, 0.25) is 5.02 Å². The molecular weight excluding hydrogens is 856 g/mol. The Morgan fingerprint density at radius 2 is 1.46 bits per heavy atom. The first-order chi connectivity index (χ1) is 31.1. The van der Waals surface area contributed by atoms with Gasteiger partial charge in [0.15, 0.2) is 11.9 Å². The van der Waals surface area contributed by atoms with Gasteiger partial charge in [0, 0.05) is 41.7 Å². The monoisotopic (exact) mass is 912 g/mol. The standard InChI is InChI=1S/C47H57ClN8O9/c1-27(28(2)58)52-44(60)38-25-29-7-17-39(65-23-21-57)35(24-29)36-26-33(14-18-40(36)64-22-20-50)41(45(61)55-42(51)46(62)54-38)56(3)47(63)37(6-4-5-19-49)53-43(59)32-10-8-30(9-11-32)31-12-15-34(48)16-13-31/h7-18,24,26-27,37-38,41-42,57H,4-6,19-23,25,49-51H2,1-3H3,(H,52,60)(H,53,59)(H,54,62)(H,55,61)/t27-,37-,38-,41-,42+/m0/s1. The molecule has 0 aliphatic carbocycles. The number of amides is 5. The number of hydrogen-bond acceptors (Lipinski definition) is 12. The minimum Gasteiger partial charge on any atom is -0.492 e. The van der Waals surface area contributed by atoms with Crippen LogP contribution < -0.4 is 47.9 Å². The molecule has 4 aromatic rings. The topological polar surface area (TPSA) is 271 Å². The van der Waals surface area contributed by atoms with E-state index < -0.39 is 59.9 Å². The molecule has 1 aliphatic rings. The molecule has 0 unspecified atom stereocenters. The van der Waals surface area contributed by atoms with E-state index in [-0.39, 0.29) is 56.1 Å². The summed E-state index contributed by atoms with van der Waals surface area (Å²) in [6.45, 7) is 3.03. The van der Waals surface area contributed by atoms with Crippen LogP contribution in [0, 0.1) is 0 Å². The molecule has 17 nitrogen and oxygen atoms in total. The third kappa shape index (κ3) is 13.1. The number of halogens is 1. The highest BCUT2D eigenvalue weighted by Gasteiger charge is 2.36. The van der Waals surface area contributed by atoms with Crippen LogP contribution in [-0.4, -0.2) is 110 Å². The van der Waals surface area contributed by atoms with E-state index in [4.69, 9.17) is 38.3 Å². The lowest BCUT2D eigenvalue weighted by molar-refractivity contribution is -0.142. The Morgan fingerprint density at radius 1 is 0.831 bits per heavy atom. The summed E-state index contributed by atoms with van der Waals surface area (Å²) in [7, 11) is 1.40. The van der Waals surface area contributed by atoms with E-state index in [2.05, 4.69) is 21.3 Å². The summed E-state index contributed by atoms with van der Waals surface area (Å²) in [5.41, 5.74) is 21.6. The molecule has 5 amide bonds. The number of nitrogens with zero attached hydrogens (tertiary/aromatic N) is 1. The number of carbonyl (C=O) groups is 6. The smallest absolute Gasteiger partial charge is 0.258 e. The fourth-order valence-corrected chi connectivity index (χ4v) is 7.34. The Kier molecular flexibility index (Phi) is 18.0. The number of nitrogens with one attached hydrogen (secondary N) is 4. The molecule has 1 heterocycles. The van der Waals surface area contributed by atoms with Crippen LogP contribution in [0.1, 0.15) is 60.6 Å². The summed E-state index contributed by atoms with van der Waals surface area (Å²) < 4.78 is 12.1. The number of fused-ring (bicyclic) bond motifs is 5. The third-order valence-corrected chi connectivity index (χ3v) is 11.1. The number of carbonyl (C=O) groups excluding carboxylic acids is 6. The van der Waals surface area contributed by atoms with Crippen LogP contribution in [0.25, 0.3) is 22.3 Å². The molecule has 0 saturated carbocycles. The zero-order chi connectivity index (χ0) is 47.2. The Hall–Kier alpha value is -6.37. The Bertz CT molecular complexity index is 2330. The third-order valence-electron chi connectivity index (χ3n) is 10.9. The van der Waals surface area contributed by atoms with Gasteiger partial charge < -0.3 is 57.9 Å². The number of benzene rings is 4. The van der Waals surface area contributed by atoms with Gasteiger partial charge in [0.05, 0.1) is 12.6 Å². The number of aliphatic hydroxyl groups excluding tert-OH is 1. The van der Waals surface area contributed by atoms with Crippen LogP contribution in [0.15, 0.2) is 84.9 Å². The summed E-state index contributed by atoms with van der Waals surface area (Å²) in [5.74, 6) is -3.34. The largest absolute Gasteiger partial charge is 0.492 e. The number of ether oxygens (including phenoxy) is 2. The Balaban J connectivity index is 1.59. The average Bonchev–Trinajstić information content (AvgIpc) is 3.29. The fraction of sp³-hybridized carbons (Fsp3) is 0.362. The van der Waals surface area contributed by atoms with Crippen LogP contribution >= 0.6 is 11.6 Å². The molecule has 0 fully saturated rings. The highest BCUT2D eigenvalue weighted by molar-refractivity contribution is 6.30. The van der Waals surface area contributed by atoms with E-state index in [1.807, 2.05) is 12.1 Å². The zero-order valence-electron chi connectivity index (χ0n) is 36.6. The summed E-state index contributed by atoms with van der Waals surface area (Å²) >= 11 is 6.06. The molecule has 0 spiro atoms. The van der Waals surface area contributed by atoms with Crippen molar-refractivity contribution >= 4 is 46.9 Å². The maximum atomic E-state index is 14.7. The zero-order valence-corrected chi connectivity index (χ0v) is 37.4. The SMILES string of the molecule is CC(=O)[C@H](C)NC(=O)[C@@H]1Cc2ccc(OCCO)c(c2)-c2cc(ccc2OCCN)[C@H](N(C)C(=O)[C@H](CCCCN)NC(=O)c2ccc(-c3ccc(Cl)cc3)cc2)C(=O)N[C@@H](N)C(=O)N1. The predicted molar refractivity (Wildman–Crippen MR) is 246 cm³/mol. The number of likely N-dealkylation sites (N-methyl/N-ethyl adjacent to an activating group) is 1. The van der Waals surface area contributed by atoms with E-state index in [9.17, 15) is 33.9 Å². The van der Waals surface area contributed by atoms with E-state index in [1.165, 1.54) is 25.8 Å². The quantitative estimate of drug-likeness (QED) is 0.0669. The first-order valence-electron chi connectivity index (χ1n) is 21.3. The Morgan fingerprint density at radius 3 is 2.09 bits per heavy atom. The molecule has 346 valence electrons. The van der Waals surface area contributed by atoms with Crippen molar-refractivity contribution < 1.29 is 43.3 Å². The highest BCUT2D eigenvalue weighted by atomic mass is 35.5. The number of aliphatic hydroxyl groups is 1. The lowest BCUT2D eigenvalue weighted by Gasteiger charge is -2.32. The molecule has 0 saturated heterocycles. The van der Waals surface area contributed by atoms with Crippen molar-refractivity contribution in [2.24, 2.45) is 17.2 Å². The number of Topliss-reactive ketones (excluding diaryl/α,β-unsaturated/α-hetero) is 1. The van der Waals surface area contributed by atoms with Gasteiger partial charge in [0.25, 0.3) is 11.8 Å². The second-order valence-corrected chi connectivity index (χ2v) is 16.1. The molecule has 5 atom stereocenters. The predicted octanol–water partition coefficient (Wildman–Crippen LogP) is 2.35. The molecule has 5 rings (SSSR count). The highest BCUT2D eigenvalue weighted by Crippen LogP contribution is 2.40. The van der Waals surface area contributed by atoms with E-state index in [0.717, 1.165) is 11.1 Å². The molecule has 0 radical (unpaired) electrons. The molecule has 18 heteroatoms. The first kappa shape index (κ1) is 49.6. The van der Waals surface area contributed by atoms with Gasteiger partial charge in [-0.1, -0.05) is 48.0 Å². The van der Waals surface area contributed by atoms with Gasteiger partial charge in [-0.25, -0.2) is 0 Å². The van der Waals surface area contributed by atoms with Gasteiger partial charge in [-0.2, -0.15) is 0 Å². The van der Waals surface area contributed by atoms with Crippen molar-refractivity contribution in [2.45, 2.75) is 69.9 Å². The summed E-state index contributed by atoms with van der Waals surface area (Å²) in [4.78, 5) is 83.7. The van der Waals surface area contributed by atoms with Crippen molar-refractivity contribution in [2.75, 3.05) is 40.0 Å². The minimum absolute atomic E-state index is 0.0844. The second kappa shape index (κ2) is 23.5. The fourth-order valence-electron chi connectivity index (χ4n) is 7.21. The number of ketones is 1. The van der Waals surface area contributed by atoms with Crippen molar-refractivity contribution in [3.8, 4) is 33.8 Å². The number of unbranched alkanes of at least 4 members (excludes halogenated alkanes) is 1. The summed E-state index contributed by atoms with van der Waals surface area (Å²) in [6.07, 6.45) is -0.620. The van der Waals surface area contributed by atoms with Crippen molar-refractivity contribution in [3.63, 3.8) is 0 Å². The normalized spacial score (nSPS) is 17.0. The van der Waals surface area contributed by atoms with Gasteiger partial charge in [0.2, 0.25) is 17.7 Å². The van der Waals surface area contributed by atoms with E-state index in [0.29, 0.717) is 52.6 Å². The number of hydrogen-bond donors (Lipinski definition) is 8. The molecule has 65 heavy (non-hydrogen) atoms. The molecule has 0 aromatic heterocycles. The van der Waals surface area contributed by atoms with Crippen molar-refractivity contribution in [3.05, 3.63) is 107 Å². The maximum absolute atomic E-state index is 14.7. The van der Waals surface area contributed by atoms with Gasteiger partial charge in [-0.3, -0.25) is 28.8 Å². The van der Waals surface area contributed by atoms with Crippen LogP contribution in [0.3, 0.4) is 0 Å². The lowest BCUT2D eigenvalue weighted by atomic mass is 9.93. The summed E-state index contributed by atoms with van der Waals surface area (Å²) in [5, 5.41) is 20.9.